The second-order valence-corrected chi connectivity index (χ2v) is 11.5. The van der Waals surface area contributed by atoms with E-state index in [-0.39, 0.29) is 29.8 Å². The summed E-state index contributed by atoms with van der Waals surface area (Å²) >= 11 is 1.35. The summed E-state index contributed by atoms with van der Waals surface area (Å²) in [6, 6.07) is 0. The molecule has 180 valence electrons. The van der Waals surface area contributed by atoms with Gasteiger partial charge in [0.05, 0.1) is 23.0 Å². The van der Waals surface area contributed by atoms with Crippen molar-refractivity contribution in [3.05, 3.63) is 22.5 Å². The highest BCUT2D eigenvalue weighted by molar-refractivity contribution is 7.89. The monoisotopic (exact) mass is 494 g/mol. The molecule has 2 aliphatic rings. The maximum Gasteiger partial charge on any atom is 0.246 e. The Labute approximate surface area is 198 Å². The van der Waals surface area contributed by atoms with E-state index in [0.717, 1.165) is 31.6 Å². The van der Waals surface area contributed by atoms with Gasteiger partial charge in [0.25, 0.3) is 0 Å². The summed E-state index contributed by atoms with van der Waals surface area (Å²) in [7, 11) is -3.86. The number of carbonyl (C=O) groups excluding carboxylic acids is 2. The number of aromatic nitrogens is 3. The Kier molecular flexibility index (Phi) is 6.87. The van der Waals surface area contributed by atoms with E-state index in [9.17, 15) is 18.0 Å². The van der Waals surface area contributed by atoms with E-state index >= 15 is 0 Å². The van der Waals surface area contributed by atoms with Crippen LogP contribution in [0.3, 0.4) is 0 Å². The molecule has 4 rings (SSSR count). The highest BCUT2D eigenvalue weighted by Crippen LogP contribution is 2.29. The lowest BCUT2D eigenvalue weighted by atomic mass is 9.99. The predicted octanol–water partition coefficient (Wildman–Crippen LogP) is 1.93. The fourth-order valence-electron chi connectivity index (χ4n) is 4.53. The fourth-order valence-corrected chi connectivity index (χ4v) is 7.11. The Morgan fingerprint density at radius 1 is 1.15 bits per heavy atom. The van der Waals surface area contributed by atoms with E-state index in [4.69, 9.17) is 0 Å². The molecule has 0 aliphatic carbocycles. The molecule has 1 N–H and O–H groups in total. The van der Waals surface area contributed by atoms with Gasteiger partial charge in [-0.2, -0.15) is 9.40 Å². The average molecular weight is 495 g/mol. The minimum atomic E-state index is -3.86. The minimum absolute atomic E-state index is 0.0282. The van der Waals surface area contributed by atoms with Crippen molar-refractivity contribution in [1.82, 2.24) is 24.0 Å². The van der Waals surface area contributed by atoms with E-state index in [1.807, 2.05) is 12.3 Å². The number of rotatable bonds is 6. The number of thiazole rings is 1. The molecule has 0 bridgehead atoms. The second-order valence-electron chi connectivity index (χ2n) is 8.73. The van der Waals surface area contributed by atoms with Crippen molar-refractivity contribution in [2.45, 2.75) is 57.9 Å². The number of likely N-dealkylation sites (tertiary alicyclic amines) is 1. The SMILES string of the molecule is Cc1csc(NC(=O)C2CCCN(S(=O)(=O)c3c(C)nn(CC(=O)N4CCCC4)c3C)C2)n1. The van der Waals surface area contributed by atoms with Crippen molar-refractivity contribution < 1.29 is 18.0 Å². The van der Waals surface area contributed by atoms with Crippen LogP contribution in [0.1, 0.15) is 42.8 Å². The highest BCUT2D eigenvalue weighted by Gasteiger charge is 2.37. The van der Waals surface area contributed by atoms with Crippen molar-refractivity contribution in [1.29, 1.82) is 0 Å². The third-order valence-corrected chi connectivity index (χ3v) is 9.25. The molecule has 0 aromatic carbocycles. The first-order chi connectivity index (χ1) is 15.7. The van der Waals surface area contributed by atoms with Crippen LogP contribution in [0.25, 0.3) is 0 Å². The molecule has 2 fully saturated rings. The molecule has 2 aliphatic heterocycles. The quantitative estimate of drug-likeness (QED) is 0.656. The summed E-state index contributed by atoms with van der Waals surface area (Å²) in [5.74, 6) is -0.719. The first-order valence-electron chi connectivity index (χ1n) is 11.2. The van der Waals surface area contributed by atoms with Gasteiger partial charge in [-0.25, -0.2) is 13.4 Å². The lowest BCUT2D eigenvalue weighted by molar-refractivity contribution is -0.131. The lowest BCUT2D eigenvalue weighted by Gasteiger charge is -2.31. The third kappa shape index (κ3) is 4.97. The van der Waals surface area contributed by atoms with Crippen LogP contribution < -0.4 is 5.32 Å². The van der Waals surface area contributed by atoms with Gasteiger partial charge in [-0.15, -0.1) is 11.3 Å². The van der Waals surface area contributed by atoms with Crippen molar-refractivity contribution in [2.24, 2.45) is 5.92 Å². The number of piperidine rings is 1. The van der Waals surface area contributed by atoms with Crippen molar-refractivity contribution in [3.63, 3.8) is 0 Å². The normalized spacial score (nSPS) is 19.7. The fraction of sp³-hybridized carbons (Fsp3) is 0.619. The molecule has 1 unspecified atom stereocenters. The van der Waals surface area contributed by atoms with E-state index < -0.39 is 15.9 Å². The molecule has 0 spiro atoms. The van der Waals surface area contributed by atoms with Gasteiger partial charge in [0.15, 0.2) is 5.13 Å². The topological polar surface area (TPSA) is 118 Å². The van der Waals surface area contributed by atoms with Crippen LogP contribution in [-0.2, 0) is 26.2 Å². The summed E-state index contributed by atoms with van der Waals surface area (Å²) in [6.07, 6.45) is 3.19. The van der Waals surface area contributed by atoms with Gasteiger partial charge in [0.1, 0.15) is 11.4 Å². The summed E-state index contributed by atoms with van der Waals surface area (Å²) < 4.78 is 30.0. The van der Waals surface area contributed by atoms with E-state index in [1.165, 1.54) is 20.3 Å². The van der Waals surface area contributed by atoms with E-state index in [2.05, 4.69) is 15.4 Å². The summed E-state index contributed by atoms with van der Waals surface area (Å²) in [5.41, 5.74) is 1.64. The molecule has 0 saturated carbocycles. The molecule has 2 aromatic rings. The van der Waals surface area contributed by atoms with Crippen molar-refractivity contribution in [3.8, 4) is 0 Å². The molecule has 2 aromatic heterocycles. The molecular weight excluding hydrogens is 464 g/mol. The Balaban J connectivity index is 1.49. The van der Waals surface area contributed by atoms with Crippen LogP contribution in [0.4, 0.5) is 5.13 Å². The largest absolute Gasteiger partial charge is 0.341 e. The molecular formula is C21H30N6O4S2. The molecule has 1 atom stereocenters. The number of hydrogen-bond donors (Lipinski definition) is 1. The number of hydrogen-bond acceptors (Lipinski definition) is 7. The maximum atomic E-state index is 13.5. The zero-order valence-electron chi connectivity index (χ0n) is 19.2. The zero-order chi connectivity index (χ0) is 23.8. The van der Waals surface area contributed by atoms with Crippen LogP contribution >= 0.6 is 11.3 Å². The molecule has 4 heterocycles. The summed E-state index contributed by atoms with van der Waals surface area (Å²) in [6.45, 7) is 7.14. The molecule has 2 amide bonds. The number of amides is 2. The minimum Gasteiger partial charge on any atom is -0.341 e. The number of sulfonamides is 1. The van der Waals surface area contributed by atoms with Gasteiger partial charge in [-0.05, 0) is 46.5 Å². The maximum absolute atomic E-state index is 13.5. The highest BCUT2D eigenvalue weighted by atomic mass is 32.2. The molecule has 2 saturated heterocycles. The second kappa shape index (κ2) is 9.51. The molecule has 10 nitrogen and oxygen atoms in total. The standard InChI is InChI=1S/C21H30N6O4S2/c1-14-13-32-21(22-14)23-20(29)17-7-6-10-26(11-17)33(30,31)19-15(2)24-27(16(19)3)12-18(28)25-8-4-5-9-25/h13,17H,4-12H2,1-3H3,(H,22,23,29). The first-order valence-corrected chi connectivity index (χ1v) is 13.5. The predicted molar refractivity (Wildman–Crippen MR) is 124 cm³/mol. The lowest BCUT2D eigenvalue weighted by Crippen LogP contribution is -2.44. The first kappa shape index (κ1) is 23.8. The van der Waals surface area contributed by atoms with Crippen LogP contribution in [0.2, 0.25) is 0 Å². The van der Waals surface area contributed by atoms with Crippen molar-refractivity contribution in [2.75, 3.05) is 31.5 Å². The summed E-state index contributed by atoms with van der Waals surface area (Å²) in [5, 5.41) is 9.55. The van der Waals surface area contributed by atoms with Gasteiger partial charge in [-0.3, -0.25) is 14.3 Å². The van der Waals surface area contributed by atoms with Crippen molar-refractivity contribution >= 4 is 38.3 Å². The molecule has 12 heteroatoms. The van der Waals surface area contributed by atoms with E-state index in [1.54, 1.807) is 18.7 Å². The van der Waals surface area contributed by atoms with Gasteiger partial charge < -0.3 is 10.2 Å². The number of nitrogens with zero attached hydrogens (tertiary/aromatic N) is 5. The Bertz CT molecular complexity index is 1150. The average Bonchev–Trinajstić information content (AvgIpc) is 3.50. The number of aryl methyl sites for hydroxylation is 2. The van der Waals surface area contributed by atoms with Gasteiger partial charge in [-0.1, -0.05) is 0 Å². The zero-order valence-corrected chi connectivity index (χ0v) is 20.8. The molecule has 0 radical (unpaired) electrons. The Hall–Kier alpha value is -2.31. The molecule has 33 heavy (non-hydrogen) atoms. The smallest absolute Gasteiger partial charge is 0.246 e. The summed E-state index contributed by atoms with van der Waals surface area (Å²) in [4.78, 5) is 31.5. The van der Waals surface area contributed by atoms with E-state index in [0.29, 0.717) is 35.9 Å². The van der Waals surface area contributed by atoms with Crippen LogP contribution in [0.5, 0.6) is 0 Å². The number of nitrogens with one attached hydrogen (secondary N) is 1. The van der Waals surface area contributed by atoms with Gasteiger partial charge in [0.2, 0.25) is 21.8 Å². The van der Waals surface area contributed by atoms with Crippen LogP contribution in [-0.4, -0.2) is 70.4 Å². The third-order valence-electron chi connectivity index (χ3n) is 6.26. The Morgan fingerprint density at radius 3 is 2.55 bits per heavy atom. The van der Waals surface area contributed by atoms with Gasteiger partial charge in [0, 0.05) is 31.6 Å². The number of anilines is 1. The van der Waals surface area contributed by atoms with Gasteiger partial charge >= 0.3 is 0 Å². The van der Waals surface area contributed by atoms with Crippen LogP contribution in [0.15, 0.2) is 10.3 Å². The number of carbonyl (C=O) groups is 2. The van der Waals surface area contributed by atoms with Crippen LogP contribution in [0, 0.1) is 26.7 Å². The Morgan fingerprint density at radius 2 is 1.88 bits per heavy atom.